The molecule has 0 bridgehead atoms. The van der Waals surface area contributed by atoms with Crippen molar-refractivity contribution in [2.75, 3.05) is 13.7 Å². The van der Waals surface area contributed by atoms with Gasteiger partial charge in [0.05, 0.1) is 12.7 Å². The van der Waals surface area contributed by atoms with Crippen molar-refractivity contribution in [2.45, 2.75) is 52.1 Å². The van der Waals surface area contributed by atoms with Gasteiger partial charge in [0.15, 0.2) is 0 Å². The minimum atomic E-state index is -0.914. The highest BCUT2D eigenvalue weighted by Crippen LogP contribution is 2.36. The molecule has 108 valence electrons. The van der Waals surface area contributed by atoms with E-state index in [1.165, 1.54) is 0 Å². The molecule has 0 saturated carbocycles. The summed E-state index contributed by atoms with van der Waals surface area (Å²) in [6.07, 6.45) is 1.14. The first-order valence-corrected chi connectivity index (χ1v) is 6.85. The zero-order valence-electron chi connectivity index (χ0n) is 12.7. The molecular formula is C16H26O3. The predicted octanol–water partition coefficient (Wildman–Crippen LogP) is 3.11. The van der Waals surface area contributed by atoms with Crippen LogP contribution in [0.4, 0.5) is 0 Å². The van der Waals surface area contributed by atoms with Gasteiger partial charge in [-0.05, 0) is 61.4 Å². The fraction of sp³-hybridized carbons (Fsp3) is 0.625. The lowest BCUT2D eigenvalue weighted by Gasteiger charge is -2.27. The highest BCUT2D eigenvalue weighted by molar-refractivity contribution is 5.45. The number of rotatable bonds is 6. The van der Waals surface area contributed by atoms with Crippen LogP contribution in [0.3, 0.4) is 0 Å². The van der Waals surface area contributed by atoms with Crippen LogP contribution in [-0.4, -0.2) is 23.9 Å². The second-order valence-electron chi connectivity index (χ2n) is 5.66. The molecule has 1 unspecified atom stereocenters. The molecule has 0 aromatic heterocycles. The Morgan fingerprint density at radius 2 is 1.95 bits per heavy atom. The van der Waals surface area contributed by atoms with Crippen LogP contribution in [0, 0.1) is 6.92 Å². The monoisotopic (exact) mass is 266 g/mol. The van der Waals surface area contributed by atoms with Crippen molar-refractivity contribution < 1.29 is 14.9 Å². The van der Waals surface area contributed by atoms with Crippen LogP contribution >= 0.6 is 0 Å². The largest absolute Gasteiger partial charge is 0.496 e. The molecule has 2 N–H and O–H groups in total. The molecule has 3 nitrogen and oxygen atoms in total. The number of aliphatic hydroxyl groups excluding tert-OH is 1. The molecular weight excluding hydrogens is 240 g/mol. The van der Waals surface area contributed by atoms with Gasteiger partial charge >= 0.3 is 0 Å². The molecule has 0 aliphatic carbocycles. The molecule has 0 heterocycles. The smallest absolute Gasteiger partial charge is 0.122 e. The molecule has 1 atom stereocenters. The summed E-state index contributed by atoms with van der Waals surface area (Å²) >= 11 is 0. The summed E-state index contributed by atoms with van der Waals surface area (Å²) in [5, 5.41) is 19.6. The van der Waals surface area contributed by atoms with Crippen molar-refractivity contribution in [3.05, 3.63) is 28.8 Å². The normalized spacial score (nSPS) is 14.5. The molecule has 1 rings (SSSR count). The molecule has 1 aromatic rings. The Bertz CT molecular complexity index is 422. The van der Waals surface area contributed by atoms with E-state index < -0.39 is 5.60 Å². The fourth-order valence-electron chi connectivity index (χ4n) is 2.46. The first kappa shape index (κ1) is 16.0. The quantitative estimate of drug-likeness (QED) is 0.831. The molecule has 0 radical (unpaired) electrons. The van der Waals surface area contributed by atoms with Gasteiger partial charge in [-0.25, -0.2) is 0 Å². The molecule has 0 aliphatic heterocycles. The number of methoxy groups -OCH3 is 1. The Balaban J connectivity index is 3.24. The van der Waals surface area contributed by atoms with E-state index in [1.807, 2.05) is 26.0 Å². The molecule has 0 fully saturated rings. The topological polar surface area (TPSA) is 49.7 Å². The van der Waals surface area contributed by atoms with Crippen LogP contribution in [0.2, 0.25) is 0 Å². The van der Waals surface area contributed by atoms with Gasteiger partial charge in [-0.3, -0.25) is 0 Å². The lowest BCUT2D eigenvalue weighted by atomic mass is 9.85. The van der Waals surface area contributed by atoms with Crippen LogP contribution in [0.15, 0.2) is 12.1 Å². The third-order valence-electron chi connectivity index (χ3n) is 3.60. The summed E-state index contributed by atoms with van der Waals surface area (Å²) in [7, 11) is 1.67. The van der Waals surface area contributed by atoms with Gasteiger partial charge in [-0.1, -0.05) is 13.8 Å². The van der Waals surface area contributed by atoms with Crippen molar-refractivity contribution in [3.63, 3.8) is 0 Å². The second kappa shape index (κ2) is 6.40. The van der Waals surface area contributed by atoms with Crippen molar-refractivity contribution in [3.8, 4) is 5.75 Å². The summed E-state index contributed by atoms with van der Waals surface area (Å²) in [6.45, 7) is 8.11. The lowest BCUT2D eigenvalue weighted by Crippen LogP contribution is -2.23. The third-order valence-corrected chi connectivity index (χ3v) is 3.60. The van der Waals surface area contributed by atoms with Crippen LogP contribution < -0.4 is 4.74 Å². The molecule has 1 aromatic carbocycles. The number of aryl methyl sites for hydroxylation is 1. The lowest BCUT2D eigenvalue weighted by molar-refractivity contribution is 0.0396. The van der Waals surface area contributed by atoms with Gasteiger partial charge in [-0.2, -0.15) is 0 Å². The first-order valence-electron chi connectivity index (χ1n) is 6.85. The minimum absolute atomic E-state index is 0.0996. The maximum Gasteiger partial charge on any atom is 0.122 e. The molecule has 19 heavy (non-hydrogen) atoms. The second-order valence-corrected chi connectivity index (χ2v) is 5.66. The zero-order chi connectivity index (χ0) is 14.6. The van der Waals surface area contributed by atoms with Crippen LogP contribution in [0.1, 0.15) is 56.2 Å². The first-order chi connectivity index (χ1) is 8.83. The molecule has 0 saturated heterocycles. The number of hydrogen-bond donors (Lipinski definition) is 2. The van der Waals surface area contributed by atoms with E-state index in [4.69, 9.17) is 9.84 Å². The maximum atomic E-state index is 10.6. The number of ether oxygens (including phenoxy) is 1. The maximum absolute atomic E-state index is 10.6. The van der Waals surface area contributed by atoms with E-state index in [1.54, 1.807) is 7.11 Å². The van der Waals surface area contributed by atoms with E-state index >= 15 is 0 Å². The van der Waals surface area contributed by atoms with Gasteiger partial charge in [0, 0.05) is 6.61 Å². The van der Waals surface area contributed by atoms with Crippen LogP contribution in [0.5, 0.6) is 5.75 Å². The highest BCUT2D eigenvalue weighted by Gasteiger charge is 2.26. The predicted molar refractivity (Wildman–Crippen MR) is 77.7 cm³/mol. The standard InChI is InChI=1S/C16H26O3/c1-11(2)13-10-14(12(3)9-15(13)19-5)16(4,18)7-6-8-17/h9-11,17-18H,6-8H2,1-5H3. The average molecular weight is 266 g/mol. The van der Waals surface area contributed by atoms with Crippen LogP contribution in [0.25, 0.3) is 0 Å². The molecule has 0 amide bonds. The molecule has 3 heteroatoms. The van der Waals surface area contributed by atoms with Gasteiger partial charge < -0.3 is 14.9 Å². The molecule has 0 aliphatic rings. The van der Waals surface area contributed by atoms with E-state index in [0.29, 0.717) is 18.8 Å². The Morgan fingerprint density at radius 3 is 2.42 bits per heavy atom. The fourth-order valence-corrected chi connectivity index (χ4v) is 2.46. The van der Waals surface area contributed by atoms with E-state index in [2.05, 4.69) is 13.8 Å². The Morgan fingerprint density at radius 1 is 1.32 bits per heavy atom. The average Bonchev–Trinajstić information content (AvgIpc) is 2.35. The highest BCUT2D eigenvalue weighted by atomic mass is 16.5. The summed E-state index contributed by atoms with van der Waals surface area (Å²) < 4.78 is 5.41. The summed E-state index contributed by atoms with van der Waals surface area (Å²) in [6, 6.07) is 4.02. The number of aliphatic hydroxyl groups is 2. The third kappa shape index (κ3) is 3.71. The number of benzene rings is 1. The number of hydrogen-bond acceptors (Lipinski definition) is 3. The minimum Gasteiger partial charge on any atom is -0.496 e. The van der Waals surface area contributed by atoms with E-state index in [-0.39, 0.29) is 6.61 Å². The Kier molecular flexibility index (Phi) is 5.39. The van der Waals surface area contributed by atoms with Crippen LogP contribution in [-0.2, 0) is 5.60 Å². The Hall–Kier alpha value is -1.06. The van der Waals surface area contributed by atoms with Gasteiger partial charge in [-0.15, -0.1) is 0 Å². The van der Waals surface area contributed by atoms with Crippen molar-refractivity contribution >= 4 is 0 Å². The summed E-state index contributed by atoms with van der Waals surface area (Å²) in [4.78, 5) is 0. The van der Waals surface area contributed by atoms with Gasteiger partial charge in [0.2, 0.25) is 0 Å². The van der Waals surface area contributed by atoms with Crippen molar-refractivity contribution in [1.29, 1.82) is 0 Å². The zero-order valence-corrected chi connectivity index (χ0v) is 12.7. The van der Waals surface area contributed by atoms with Crippen molar-refractivity contribution in [1.82, 2.24) is 0 Å². The van der Waals surface area contributed by atoms with E-state index in [0.717, 1.165) is 22.4 Å². The Labute approximate surface area is 116 Å². The summed E-state index contributed by atoms with van der Waals surface area (Å²) in [5.41, 5.74) is 2.13. The SMILES string of the molecule is COc1cc(C)c(C(C)(O)CCCO)cc1C(C)C. The van der Waals surface area contributed by atoms with Gasteiger partial charge in [0.1, 0.15) is 5.75 Å². The summed E-state index contributed by atoms with van der Waals surface area (Å²) in [5.74, 6) is 1.21. The molecule has 0 spiro atoms. The van der Waals surface area contributed by atoms with E-state index in [9.17, 15) is 5.11 Å². The van der Waals surface area contributed by atoms with Gasteiger partial charge in [0.25, 0.3) is 0 Å². The van der Waals surface area contributed by atoms with Crippen molar-refractivity contribution in [2.24, 2.45) is 0 Å².